The van der Waals surface area contributed by atoms with E-state index in [1.165, 1.54) is 7.11 Å². The van der Waals surface area contributed by atoms with Crippen LogP contribution in [-0.2, 0) is 36.8 Å². The van der Waals surface area contributed by atoms with Gasteiger partial charge in [0.1, 0.15) is 6.10 Å². The van der Waals surface area contributed by atoms with Gasteiger partial charge in [-0.15, -0.1) is 0 Å². The van der Waals surface area contributed by atoms with Crippen molar-refractivity contribution < 1.29 is 42.6 Å². The number of aromatic nitrogens is 2. The number of aryl methyl sites for hydroxylation is 1. The van der Waals surface area contributed by atoms with E-state index < -0.39 is 48.6 Å². The van der Waals surface area contributed by atoms with Crippen molar-refractivity contribution in [3.63, 3.8) is 0 Å². The number of methoxy groups -OCH3 is 1. The number of carbonyl (C=O) groups excluding carboxylic acids is 3. The molecule has 0 radical (unpaired) electrons. The molecule has 1 aliphatic heterocycles. The van der Waals surface area contributed by atoms with Crippen LogP contribution in [0, 0.1) is 6.33 Å². The molecule has 1 aliphatic rings. The fourth-order valence-electron chi connectivity index (χ4n) is 5.06. The van der Waals surface area contributed by atoms with Crippen molar-refractivity contribution in [2.75, 3.05) is 7.11 Å². The lowest BCUT2D eigenvalue weighted by Crippen LogP contribution is -2.62. The van der Waals surface area contributed by atoms with Crippen molar-refractivity contribution in [2.24, 2.45) is 0 Å². The Kier molecular flexibility index (Phi) is 10.7. The number of hydrogen-bond acceptors (Lipinski definition) is 8. The van der Waals surface area contributed by atoms with Gasteiger partial charge < -0.3 is 32.8 Å². The third kappa shape index (κ3) is 8.03. The highest BCUT2D eigenvalue weighted by Gasteiger charge is 2.53. The summed E-state index contributed by atoms with van der Waals surface area (Å²) in [6.45, 7) is 3.07. The maximum atomic E-state index is 13.5. The van der Waals surface area contributed by atoms with E-state index in [1.807, 2.05) is 17.0 Å². The van der Waals surface area contributed by atoms with Crippen LogP contribution in [0.1, 0.15) is 50.8 Å². The van der Waals surface area contributed by atoms with Gasteiger partial charge in [0.2, 0.25) is 6.33 Å². The quantitative estimate of drug-likeness (QED) is 0.100. The Morgan fingerprint density at radius 2 is 1.24 bits per heavy atom. The van der Waals surface area contributed by atoms with Gasteiger partial charge in [-0.3, -0.25) is 0 Å². The summed E-state index contributed by atoms with van der Waals surface area (Å²) in [6, 6.07) is 25.2. The second-order valence-electron chi connectivity index (χ2n) is 10.6. The number of esters is 3. The highest BCUT2D eigenvalue weighted by molar-refractivity contribution is 5.91. The predicted molar refractivity (Wildman–Crippen MR) is 161 cm³/mol. The zero-order valence-electron chi connectivity index (χ0n) is 25.2. The van der Waals surface area contributed by atoms with E-state index >= 15 is 0 Å². The minimum absolute atomic E-state index is 0.171. The van der Waals surface area contributed by atoms with Crippen LogP contribution in [0.25, 0.3) is 0 Å². The van der Waals surface area contributed by atoms with Gasteiger partial charge in [-0.25, -0.2) is 14.4 Å². The molecule has 3 aromatic carbocycles. The maximum absolute atomic E-state index is 13.5. The summed E-state index contributed by atoms with van der Waals surface area (Å²) in [5.41, 5.74) is 0.839. The van der Waals surface area contributed by atoms with Gasteiger partial charge in [-0.05, 0) is 55.2 Å². The minimum Gasteiger partial charge on any atom is -0.452 e. The molecule has 10 nitrogen and oxygen atoms in total. The Hall–Kier alpha value is -4.80. The molecule has 0 saturated carbocycles. The number of unbranched alkanes of at least 4 members (excludes halogenated alkanes) is 1. The molecule has 0 spiro atoms. The minimum atomic E-state index is -1.30. The average Bonchev–Trinajstić information content (AvgIpc) is 3.54. The van der Waals surface area contributed by atoms with E-state index in [9.17, 15) is 14.4 Å². The predicted octanol–water partition coefficient (Wildman–Crippen LogP) is 4.42. The third-order valence-corrected chi connectivity index (χ3v) is 7.39. The Labute approximate surface area is 262 Å². The average molecular weight is 613 g/mol. The molecule has 0 N–H and O–H groups in total. The Morgan fingerprint density at radius 1 is 0.756 bits per heavy atom. The van der Waals surface area contributed by atoms with Crippen molar-refractivity contribution in [3.05, 3.63) is 126 Å². The van der Waals surface area contributed by atoms with Gasteiger partial charge >= 0.3 is 17.9 Å². The smallest absolute Gasteiger partial charge is 0.338 e. The zero-order valence-corrected chi connectivity index (χ0v) is 25.2. The molecule has 1 fully saturated rings. The summed E-state index contributed by atoms with van der Waals surface area (Å²) in [4.78, 5) is 40.2. The van der Waals surface area contributed by atoms with Crippen molar-refractivity contribution in [1.82, 2.24) is 4.57 Å². The van der Waals surface area contributed by atoms with E-state index in [2.05, 4.69) is 13.3 Å². The molecular formula is C35H36N2O8. The molecular weight excluding hydrogens is 576 g/mol. The fraction of sp³-hybridized carbons (Fsp3) is 0.314. The van der Waals surface area contributed by atoms with Crippen LogP contribution in [0.4, 0.5) is 0 Å². The second kappa shape index (κ2) is 15.3. The van der Waals surface area contributed by atoms with Crippen LogP contribution >= 0.6 is 0 Å². The number of imidazole rings is 1. The SMILES string of the molecule is CCCC[n+]1[c-]n(C[C@H]2O[C@H](OC)[C@H](OC(=O)c3ccccc3)[C@@H](OC(=O)c3ccccc3)[C@@H]2OC(=O)c2ccccc2)cc1. The van der Waals surface area contributed by atoms with Crippen molar-refractivity contribution in [2.45, 2.75) is 63.6 Å². The van der Waals surface area contributed by atoms with Crippen LogP contribution in [0.3, 0.4) is 0 Å². The van der Waals surface area contributed by atoms with Crippen LogP contribution in [0.15, 0.2) is 103 Å². The molecule has 1 aromatic heterocycles. The lowest BCUT2D eigenvalue weighted by Gasteiger charge is -2.44. The Balaban J connectivity index is 1.52. The summed E-state index contributed by atoms with van der Waals surface area (Å²) in [5.74, 6) is -2.04. The third-order valence-electron chi connectivity index (χ3n) is 7.39. The molecule has 0 amide bonds. The summed E-state index contributed by atoms with van der Waals surface area (Å²) >= 11 is 0. The zero-order chi connectivity index (χ0) is 31.6. The Morgan fingerprint density at radius 3 is 1.73 bits per heavy atom. The van der Waals surface area contributed by atoms with Gasteiger partial charge in [0.05, 0.1) is 29.8 Å². The van der Waals surface area contributed by atoms with Crippen LogP contribution in [0.5, 0.6) is 0 Å². The topological polar surface area (TPSA) is 106 Å². The number of ether oxygens (including phenoxy) is 5. The number of benzene rings is 3. The maximum Gasteiger partial charge on any atom is 0.338 e. The van der Waals surface area contributed by atoms with Crippen molar-refractivity contribution in [3.8, 4) is 0 Å². The molecule has 4 aromatic rings. The van der Waals surface area contributed by atoms with Gasteiger partial charge in [-0.2, -0.15) is 0 Å². The highest BCUT2D eigenvalue weighted by Crippen LogP contribution is 2.31. The number of hydrogen-bond donors (Lipinski definition) is 0. The number of carbonyl (C=O) groups is 3. The van der Waals surface area contributed by atoms with Gasteiger partial charge in [0.15, 0.2) is 24.6 Å². The first-order chi connectivity index (χ1) is 22.0. The number of rotatable bonds is 12. The monoisotopic (exact) mass is 612 g/mol. The molecule has 5 rings (SSSR count). The second-order valence-corrected chi connectivity index (χ2v) is 10.6. The molecule has 234 valence electrons. The first-order valence-electron chi connectivity index (χ1n) is 14.9. The number of nitrogens with zero attached hydrogens (tertiary/aromatic N) is 2. The lowest BCUT2D eigenvalue weighted by atomic mass is 9.97. The lowest BCUT2D eigenvalue weighted by molar-refractivity contribution is -0.701. The molecule has 1 saturated heterocycles. The highest BCUT2D eigenvalue weighted by atomic mass is 16.7. The standard InChI is InChI=1S/C35H36N2O8/c1-3-4-20-36-21-22-37(24-36)23-28-29(43-32(38)25-14-8-5-9-15-25)30(44-33(39)26-16-10-6-11-17-26)31(35(41-2)42-28)45-34(40)27-18-12-7-13-19-27/h5-19,21-22,28-31,35H,3-4,20,23H2,1-2H3/t28-,29-,30+,31-,35+/m1/s1. The first kappa shape index (κ1) is 31.6. The first-order valence-corrected chi connectivity index (χ1v) is 14.9. The van der Waals surface area contributed by atoms with E-state index in [1.54, 1.807) is 95.6 Å². The van der Waals surface area contributed by atoms with Crippen LogP contribution in [-0.4, -0.2) is 60.3 Å². The largest absolute Gasteiger partial charge is 0.452 e. The van der Waals surface area contributed by atoms with Crippen molar-refractivity contribution in [1.29, 1.82) is 0 Å². The van der Waals surface area contributed by atoms with E-state index in [0.717, 1.165) is 19.4 Å². The van der Waals surface area contributed by atoms with Gasteiger partial charge in [0.25, 0.3) is 0 Å². The summed E-state index contributed by atoms with van der Waals surface area (Å²) in [7, 11) is 1.40. The van der Waals surface area contributed by atoms with Gasteiger partial charge in [-0.1, -0.05) is 67.9 Å². The Bertz CT molecular complexity index is 1540. The van der Waals surface area contributed by atoms with E-state index in [4.69, 9.17) is 23.7 Å². The molecule has 0 unspecified atom stereocenters. The van der Waals surface area contributed by atoms with Crippen molar-refractivity contribution >= 4 is 17.9 Å². The van der Waals surface area contributed by atoms with Crippen LogP contribution in [0.2, 0.25) is 0 Å². The van der Waals surface area contributed by atoms with E-state index in [-0.39, 0.29) is 17.7 Å². The summed E-state index contributed by atoms with van der Waals surface area (Å²) in [6.07, 6.45) is 3.17. The molecule has 0 aliphatic carbocycles. The molecule has 5 atom stereocenters. The summed E-state index contributed by atoms with van der Waals surface area (Å²) in [5, 5.41) is 0. The normalized spacial score (nSPS) is 21.1. The van der Waals surface area contributed by atoms with Gasteiger partial charge in [0, 0.05) is 7.11 Å². The molecule has 45 heavy (non-hydrogen) atoms. The molecule has 2 heterocycles. The summed E-state index contributed by atoms with van der Waals surface area (Å²) < 4.78 is 33.8. The van der Waals surface area contributed by atoms with E-state index in [0.29, 0.717) is 5.56 Å². The fourth-order valence-corrected chi connectivity index (χ4v) is 5.06. The van der Waals surface area contributed by atoms with Crippen LogP contribution < -0.4 is 4.57 Å². The molecule has 10 heteroatoms. The molecule has 0 bridgehead atoms.